The fourth-order valence-electron chi connectivity index (χ4n) is 15.3. The molecule has 2 aromatic heterocycles. The minimum Gasteiger partial charge on any atom is -0.309 e. The summed E-state index contributed by atoms with van der Waals surface area (Å²) in [6.45, 7) is 0. The molecule has 5 aliphatic rings. The highest BCUT2D eigenvalue weighted by Crippen LogP contribution is 2.68. The number of rotatable bonds is 6. The van der Waals surface area contributed by atoms with Crippen molar-refractivity contribution in [2.75, 3.05) is 0 Å². The zero-order valence-electron chi connectivity index (χ0n) is 37.5. The van der Waals surface area contributed by atoms with Crippen LogP contribution in [0, 0.1) is 23.7 Å². The van der Waals surface area contributed by atoms with Gasteiger partial charge in [-0.3, -0.25) is 0 Å². The zero-order valence-corrected chi connectivity index (χ0v) is 38.5. The summed E-state index contributed by atoms with van der Waals surface area (Å²) in [5.41, 5.74) is 13.6. The Bertz CT molecular complexity index is 3640. The molecule has 67 heavy (non-hydrogen) atoms. The highest BCUT2D eigenvalue weighted by atomic mass is 28.3. The van der Waals surface area contributed by atoms with E-state index in [-0.39, 0.29) is 5.41 Å². The minimum absolute atomic E-state index is 0.000385. The average molecular weight is 875 g/mol. The maximum Gasteiger partial charge on any atom is 0.179 e. The van der Waals surface area contributed by atoms with Crippen LogP contribution in [-0.4, -0.2) is 17.2 Å². The topological polar surface area (TPSA) is 9.86 Å². The lowest BCUT2D eigenvalue weighted by molar-refractivity contribution is -0.0418. The highest BCUT2D eigenvalue weighted by Gasteiger charge is 2.61. The van der Waals surface area contributed by atoms with Gasteiger partial charge in [-0.1, -0.05) is 194 Å². The third kappa shape index (κ3) is 5.00. The van der Waals surface area contributed by atoms with Crippen molar-refractivity contribution in [2.24, 2.45) is 23.7 Å². The monoisotopic (exact) mass is 874 g/mol. The average Bonchev–Trinajstić information content (AvgIpc) is 3.90. The van der Waals surface area contributed by atoms with Gasteiger partial charge in [-0.2, -0.15) is 0 Å². The van der Waals surface area contributed by atoms with E-state index in [2.05, 4.69) is 228 Å². The van der Waals surface area contributed by atoms with Crippen molar-refractivity contribution in [2.45, 2.75) is 37.5 Å². The van der Waals surface area contributed by atoms with Gasteiger partial charge in [-0.05, 0) is 112 Å². The maximum absolute atomic E-state index is 2.82. The highest BCUT2D eigenvalue weighted by molar-refractivity contribution is 7.20. The van der Waals surface area contributed by atoms with Gasteiger partial charge in [-0.15, -0.1) is 0 Å². The van der Waals surface area contributed by atoms with Crippen LogP contribution in [0.5, 0.6) is 0 Å². The van der Waals surface area contributed by atoms with Crippen molar-refractivity contribution in [3.63, 3.8) is 0 Å². The van der Waals surface area contributed by atoms with Gasteiger partial charge < -0.3 is 9.13 Å². The molecular weight excluding hydrogens is 825 g/mol. The molecule has 9 aromatic carbocycles. The second-order valence-corrected chi connectivity index (χ2v) is 24.2. The minimum atomic E-state index is -2.82. The van der Waals surface area contributed by atoms with Crippen LogP contribution in [0.3, 0.4) is 0 Å². The Morgan fingerprint density at radius 1 is 0.358 bits per heavy atom. The van der Waals surface area contributed by atoms with E-state index < -0.39 is 8.07 Å². The van der Waals surface area contributed by atoms with Gasteiger partial charge in [-0.25, -0.2) is 0 Å². The van der Waals surface area contributed by atoms with Gasteiger partial charge in [0, 0.05) is 38.1 Å². The molecule has 0 N–H and O–H groups in total. The molecule has 0 atom stereocenters. The Kier molecular flexibility index (Phi) is 8.02. The lowest BCUT2D eigenvalue weighted by Crippen LogP contribution is -2.74. The molecule has 0 saturated heterocycles. The third-order valence-electron chi connectivity index (χ3n) is 17.4. The van der Waals surface area contributed by atoms with Gasteiger partial charge in [0.15, 0.2) is 8.07 Å². The molecular formula is C64H50N2Si. The normalized spacial score (nSPS) is 21.5. The summed E-state index contributed by atoms with van der Waals surface area (Å²) in [5, 5.41) is 10.8. The molecule has 16 rings (SSSR count). The standard InChI is InChI=1S/C64H50N2Si/c1-4-18-46(19-5-1)67(47-20-6-2-7-21-47,48-22-8-3-9-23-48)49-34-35-53-50-24-10-13-31-58(50)65(61(53)41-49)59-32-14-11-25-51(59)54-27-16-29-56-62(54)66-60-33-15-12-26-52(60)55-28-17-30-57(63(55)66)64(56)44-37-42-36-43(39-44)40-45(64)38-42/h1-35,41-45H,36-40H2. The van der Waals surface area contributed by atoms with Crippen LogP contribution in [0.15, 0.2) is 218 Å². The molecule has 0 radical (unpaired) electrons. The molecule has 2 nitrogen and oxygen atoms in total. The van der Waals surface area contributed by atoms with Crippen molar-refractivity contribution >= 4 is 72.4 Å². The van der Waals surface area contributed by atoms with E-state index in [4.69, 9.17) is 0 Å². The Balaban J connectivity index is 1.04. The molecule has 4 bridgehead atoms. The van der Waals surface area contributed by atoms with Crippen LogP contribution in [0.1, 0.15) is 43.2 Å². The largest absolute Gasteiger partial charge is 0.309 e. The number of hydrogen-bond acceptors (Lipinski definition) is 0. The Labute approximate surface area is 392 Å². The first-order valence-corrected chi connectivity index (χ1v) is 26.7. The van der Waals surface area contributed by atoms with Crippen LogP contribution in [0.4, 0.5) is 0 Å². The summed E-state index contributed by atoms with van der Waals surface area (Å²) < 4.78 is 5.32. The van der Waals surface area contributed by atoms with Crippen molar-refractivity contribution in [1.82, 2.24) is 9.13 Å². The number of aromatic nitrogens is 2. The first-order chi connectivity index (χ1) is 33.2. The van der Waals surface area contributed by atoms with Gasteiger partial charge in [0.2, 0.25) is 0 Å². The van der Waals surface area contributed by atoms with E-state index in [1.165, 1.54) is 119 Å². The van der Waals surface area contributed by atoms with E-state index in [0.29, 0.717) is 11.8 Å². The van der Waals surface area contributed by atoms with Crippen LogP contribution in [0.2, 0.25) is 0 Å². The third-order valence-corrected chi connectivity index (χ3v) is 22.2. The number of para-hydroxylation sites is 5. The molecule has 3 heteroatoms. The number of hydrogen-bond donors (Lipinski definition) is 0. The molecule has 4 saturated carbocycles. The van der Waals surface area contributed by atoms with Crippen LogP contribution in [0.25, 0.3) is 66.1 Å². The predicted molar refractivity (Wildman–Crippen MR) is 282 cm³/mol. The van der Waals surface area contributed by atoms with E-state index in [0.717, 1.165) is 11.8 Å². The van der Waals surface area contributed by atoms with E-state index >= 15 is 0 Å². The fraction of sp³-hybridized carbons (Fsp3) is 0.156. The quantitative estimate of drug-likeness (QED) is 0.116. The molecule has 4 aliphatic carbocycles. The van der Waals surface area contributed by atoms with E-state index in [1.54, 1.807) is 11.1 Å². The van der Waals surface area contributed by atoms with Gasteiger partial charge in [0.05, 0.1) is 33.4 Å². The Morgan fingerprint density at radius 3 is 1.51 bits per heavy atom. The molecule has 4 fully saturated rings. The van der Waals surface area contributed by atoms with Crippen molar-refractivity contribution in [3.05, 3.63) is 230 Å². The summed E-state index contributed by atoms with van der Waals surface area (Å²) in [6.07, 6.45) is 6.86. The summed E-state index contributed by atoms with van der Waals surface area (Å²) in [4.78, 5) is 0. The lowest BCUT2D eigenvalue weighted by atomic mass is 9.41. The van der Waals surface area contributed by atoms with Crippen molar-refractivity contribution in [3.8, 4) is 22.5 Å². The second-order valence-electron chi connectivity index (χ2n) is 20.4. The van der Waals surface area contributed by atoms with Crippen LogP contribution < -0.4 is 20.7 Å². The lowest BCUT2D eigenvalue weighted by Gasteiger charge is -2.63. The SMILES string of the molecule is c1ccc([Si](c2ccccc2)(c2ccccc2)c2ccc3c4ccccc4n(-c4ccccc4-c4cccc5c4-n4c6ccccc6c6cccc(c64)C54C5CC6CC(C5)CC4C6)c3c2)cc1. The maximum atomic E-state index is 2.71. The summed E-state index contributed by atoms with van der Waals surface area (Å²) >= 11 is 0. The van der Waals surface area contributed by atoms with E-state index in [9.17, 15) is 0 Å². The summed E-state index contributed by atoms with van der Waals surface area (Å²) in [7, 11) is -2.82. The number of nitrogens with zero attached hydrogens (tertiary/aromatic N) is 2. The zero-order chi connectivity index (χ0) is 43.8. The summed E-state index contributed by atoms with van der Waals surface area (Å²) in [5.74, 6) is 3.06. The van der Waals surface area contributed by atoms with Crippen molar-refractivity contribution < 1.29 is 0 Å². The van der Waals surface area contributed by atoms with Gasteiger partial charge >= 0.3 is 0 Å². The predicted octanol–water partition coefficient (Wildman–Crippen LogP) is 13.0. The second kappa shape index (κ2) is 14.2. The van der Waals surface area contributed by atoms with E-state index in [1.807, 2.05) is 0 Å². The fourth-order valence-corrected chi connectivity index (χ4v) is 20.1. The van der Waals surface area contributed by atoms with Crippen LogP contribution in [-0.2, 0) is 5.41 Å². The number of benzene rings is 9. The first-order valence-electron chi connectivity index (χ1n) is 24.7. The van der Waals surface area contributed by atoms with Crippen LogP contribution >= 0.6 is 0 Å². The Morgan fingerprint density at radius 2 is 0.851 bits per heavy atom. The molecule has 1 spiro atoms. The Hall–Kier alpha value is -7.20. The molecule has 3 heterocycles. The van der Waals surface area contributed by atoms with Gasteiger partial charge in [0.25, 0.3) is 0 Å². The molecule has 11 aromatic rings. The number of fused-ring (bicyclic) bond motifs is 8. The van der Waals surface area contributed by atoms with Gasteiger partial charge in [0.1, 0.15) is 0 Å². The molecule has 0 amide bonds. The molecule has 0 unspecified atom stereocenters. The summed E-state index contributed by atoms with van der Waals surface area (Å²) in [6, 6.07) is 83.9. The smallest absolute Gasteiger partial charge is 0.179 e. The van der Waals surface area contributed by atoms with Crippen molar-refractivity contribution in [1.29, 1.82) is 0 Å². The molecule has 1 aliphatic heterocycles. The molecule has 320 valence electrons. The first kappa shape index (κ1) is 38.0.